The van der Waals surface area contributed by atoms with Gasteiger partial charge in [-0.25, -0.2) is 4.90 Å². The van der Waals surface area contributed by atoms with Gasteiger partial charge in [-0.05, 0) is 25.6 Å². The number of imide groups is 1. The van der Waals surface area contributed by atoms with Crippen LogP contribution in [0.15, 0.2) is 12.1 Å². The lowest BCUT2D eigenvalue weighted by molar-refractivity contribution is -0.123. The minimum Gasteiger partial charge on any atom is -0.304 e. The predicted molar refractivity (Wildman–Crippen MR) is 96.2 cm³/mol. The van der Waals surface area contributed by atoms with Gasteiger partial charge in [0.2, 0.25) is 0 Å². The van der Waals surface area contributed by atoms with Crippen LogP contribution in [-0.4, -0.2) is 66.3 Å². The van der Waals surface area contributed by atoms with Crippen molar-refractivity contribution in [2.45, 2.75) is 18.3 Å². The summed E-state index contributed by atoms with van der Waals surface area (Å²) in [4.78, 5) is 30.8. The molecule has 2 atom stereocenters. The third kappa shape index (κ3) is 2.93. The lowest BCUT2D eigenvalue weighted by Crippen LogP contribution is -2.53. The van der Waals surface area contributed by atoms with E-state index in [-0.39, 0.29) is 16.6 Å². The van der Waals surface area contributed by atoms with Crippen LogP contribution in [0.1, 0.15) is 5.56 Å². The van der Waals surface area contributed by atoms with Crippen molar-refractivity contribution < 1.29 is 9.59 Å². The molecule has 2 heterocycles. The van der Waals surface area contributed by atoms with E-state index >= 15 is 0 Å². The summed E-state index contributed by atoms with van der Waals surface area (Å²) < 4.78 is 0. The van der Waals surface area contributed by atoms with Crippen LogP contribution >= 0.6 is 34.8 Å². The molecule has 0 N–H and O–H groups in total. The van der Waals surface area contributed by atoms with Gasteiger partial charge in [0.05, 0.1) is 15.7 Å². The van der Waals surface area contributed by atoms with Crippen LogP contribution in [-0.2, 0) is 9.59 Å². The largest absolute Gasteiger partial charge is 0.304 e. The van der Waals surface area contributed by atoms with Crippen LogP contribution in [0.25, 0.3) is 0 Å². The Morgan fingerprint density at radius 2 is 1.67 bits per heavy atom. The number of benzene rings is 1. The Labute approximate surface area is 156 Å². The topological polar surface area (TPSA) is 43.9 Å². The summed E-state index contributed by atoms with van der Waals surface area (Å²) >= 11 is 18.9. The monoisotopic (exact) mass is 389 g/mol. The van der Waals surface area contributed by atoms with Crippen LogP contribution in [0.3, 0.4) is 0 Å². The maximum Gasteiger partial charge on any atom is 0.254 e. The minimum absolute atomic E-state index is 0.232. The number of halogens is 3. The van der Waals surface area contributed by atoms with Crippen LogP contribution in [0.2, 0.25) is 10.0 Å². The highest BCUT2D eigenvalue weighted by atomic mass is 35.5. The highest BCUT2D eigenvalue weighted by Gasteiger charge is 2.51. The summed E-state index contributed by atoms with van der Waals surface area (Å²) in [6.07, 6.45) is 0. The smallest absolute Gasteiger partial charge is 0.254 e. The molecule has 1 aromatic rings. The van der Waals surface area contributed by atoms with Crippen LogP contribution < -0.4 is 4.90 Å². The Morgan fingerprint density at radius 1 is 1.04 bits per heavy atom. The Kier molecular flexibility index (Phi) is 5.09. The number of amides is 2. The molecular weight excluding hydrogens is 373 g/mol. The summed E-state index contributed by atoms with van der Waals surface area (Å²) in [5, 5.41) is -0.379. The van der Waals surface area contributed by atoms with Gasteiger partial charge in [0, 0.05) is 26.2 Å². The van der Waals surface area contributed by atoms with Crippen molar-refractivity contribution in [3.63, 3.8) is 0 Å². The van der Waals surface area contributed by atoms with Gasteiger partial charge in [-0.1, -0.05) is 29.3 Å². The van der Waals surface area contributed by atoms with Crippen molar-refractivity contribution in [1.82, 2.24) is 9.80 Å². The first kappa shape index (κ1) is 18.0. The molecule has 2 amide bonds. The normalized spacial score (nSPS) is 26.5. The number of likely N-dealkylation sites (N-methyl/N-ethyl adjacent to an activating group) is 1. The number of hydrogen-bond acceptors (Lipinski definition) is 4. The number of aryl methyl sites for hydroxylation is 1. The van der Waals surface area contributed by atoms with Gasteiger partial charge >= 0.3 is 0 Å². The second-order valence-electron chi connectivity index (χ2n) is 6.22. The molecule has 0 spiro atoms. The van der Waals surface area contributed by atoms with Gasteiger partial charge in [-0.3, -0.25) is 14.5 Å². The van der Waals surface area contributed by atoms with E-state index in [4.69, 9.17) is 34.8 Å². The summed E-state index contributed by atoms with van der Waals surface area (Å²) in [6, 6.07) is 2.70. The molecule has 2 aliphatic rings. The molecule has 130 valence electrons. The Bertz CT molecular complexity index is 689. The fraction of sp³-hybridized carbons (Fsp3) is 0.500. The number of hydrogen-bond donors (Lipinski definition) is 0. The number of alkyl halides is 1. The predicted octanol–water partition coefficient (Wildman–Crippen LogP) is 2.40. The number of carbonyl (C=O) groups excluding carboxylic acids is 2. The molecule has 2 fully saturated rings. The molecule has 2 aliphatic heterocycles. The molecule has 24 heavy (non-hydrogen) atoms. The van der Waals surface area contributed by atoms with Gasteiger partial charge < -0.3 is 4.90 Å². The zero-order valence-electron chi connectivity index (χ0n) is 13.4. The van der Waals surface area contributed by atoms with Crippen molar-refractivity contribution in [3.05, 3.63) is 27.7 Å². The molecule has 0 radical (unpaired) electrons. The summed E-state index contributed by atoms with van der Waals surface area (Å²) in [5.41, 5.74) is 0.974. The summed E-state index contributed by atoms with van der Waals surface area (Å²) in [7, 11) is 2.02. The minimum atomic E-state index is -0.937. The van der Waals surface area contributed by atoms with Gasteiger partial charge in [-0.2, -0.15) is 0 Å². The van der Waals surface area contributed by atoms with E-state index in [0.717, 1.165) is 23.6 Å². The first-order valence-electron chi connectivity index (χ1n) is 7.72. The maximum atomic E-state index is 13.0. The molecule has 0 aromatic heterocycles. The van der Waals surface area contributed by atoms with E-state index in [1.54, 1.807) is 19.1 Å². The highest BCUT2D eigenvalue weighted by Crippen LogP contribution is 2.40. The molecule has 3 rings (SSSR count). The van der Waals surface area contributed by atoms with E-state index in [9.17, 15) is 9.59 Å². The van der Waals surface area contributed by atoms with E-state index in [1.807, 2.05) is 11.9 Å². The molecule has 2 unspecified atom stereocenters. The Hall–Kier alpha value is -0.850. The van der Waals surface area contributed by atoms with Crippen LogP contribution in [0, 0.1) is 6.92 Å². The summed E-state index contributed by atoms with van der Waals surface area (Å²) in [5.74, 6) is -0.834. The molecule has 5 nitrogen and oxygen atoms in total. The molecular formula is C16H18Cl3N3O2. The van der Waals surface area contributed by atoms with Gasteiger partial charge in [-0.15, -0.1) is 11.6 Å². The van der Waals surface area contributed by atoms with E-state index in [2.05, 4.69) is 4.90 Å². The number of anilines is 1. The Balaban J connectivity index is 1.96. The first-order chi connectivity index (χ1) is 11.3. The van der Waals surface area contributed by atoms with Crippen LogP contribution in [0.5, 0.6) is 0 Å². The number of nitrogens with zero attached hydrogens (tertiary/aromatic N) is 3. The quantitative estimate of drug-likeness (QED) is 0.574. The van der Waals surface area contributed by atoms with E-state index in [0.29, 0.717) is 18.1 Å². The fourth-order valence-corrected chi connectivity index (χ4v) is 4.04. The molecule has 0 saturated carbocycles. The zero-order valence-corrected chi connectivity index (χ0v) is 15.7. The number of piperazine rings is 1. The molecule has 8 heteroatoms. The molecule has 0 bridgehead atoms. The number of rotatable bonds is 2. The standard InChI is InChI=1S/C16H18Cl3N3O2/c1-9-3-4-10(17)13(11(9)18)22-15(23)12(19)14(16(22)24)21-7-5-20(2)6-8-21/h3-4,12,14H,5-8H2,1-2H3. The lowest BCUT2D eigenvalue weighted by Gasteiger charge is -2.35. The van der Waals surface area contributed by atoms with Crippen molar-refractivity contribution in [2.75, 3.05) is 38.1 Å². The maximum absolute atomic E-state index is 13.0. The SMILES string of the molecule is Cc1ccc(Cl)c(N2C(=O)C(Cl)C(N3CCN(C)CC3)C2=O)c1Cl. The molecule has 2 saturated heterocycles. The molecule has 0 aliphatic carbocycles. The average molecular weight is 391 g/mol. The zero-order chi connectivity index (χ0) is 17.6. The van der Waals surface area contributed by atoms with Gasteiger partial charge in [0.15, 0.2) is 0 Å². The first-order valence-corrected chi connectivity index (χ1v) is 8.91. The summed E-state index contributed by atoms with van der Waals surface area (Å²) in [6.45, 7) is 4.82. The second-order valence-corrected chi connectivity index (χ2v) is 7.48. The Morgan fingerprint density at radius 3 is 2.29 bits per heavy atom. The van der Waals surface area contributed by atoms with E-state index in [1.165, 1.54) is 0 Å². The van der Waals surface area contributed by atoms with Crippen molar-refractivity contribution >= 4 is 52.3 Å². The van der Waals surface area contributed by atoms with Gasteiger partial charge in [0.25, 0.3) is 11.8 Å². The van der Waals surface area contributed by atoms with Gasteiger partial charge in [0.1, 0.15) is 11.4 Å². The lowest BCUT2D eigenvalue weighted by atomic mass is 10.1. The second kappa shape index (κ2) is 6.81. The average Bonchev–Trinajstić information content (AvgIpc) is 2.76. The van der Waals surface area contributed by atoms with Crippen molar-refractivity contribution in [1.29, 1.82) is 0 Å². The third-order valence-corrected chi connectivity index (χ3v) is 5.83. The number of carbonyl (C=O) groups is 2. The third-order valence-electron chi connectivity index (χ3n) is 4.62. The fourth-order valence-electron chi connectivity index (χ4n) is 3.13. The highest BCUT2D eigenvalue weighted by molar-refractivity contribution is 6.47. The van der Waals surface area contributed by atoms with E-state index < -0.39 is 17.3 Å². The van der Waals surface area contributed by atoms with Crippen molar-refractivity contribution in [2.24, 2.45) is 0 Å². The van der Waals surface area contributed by atoms with Crippen LogP contribution in [0.4, 0.5) is 5.69 Å². The molecule has 1 aromatic carbocycles. The van der Waals surface area contributed by atoms with Crippen molar-refractivity contribution in [3.8, 4) is 0 Å².